The van der Waals surface area contributed by atoms with Crippen molar-refractivity contribution in [3.63, 3.8) is 0 Å². The molecule has 0 atom stereocenters. The topological polar surface area (TPSA) is 40.6 Å². The van der Waals surface area contributed by atoms with Gasteiger partial charge in [0.1, 0.15) is 5.70 Å². The van der Waals surface area contributed by atoms with Gasteiger partial charge in [-0.25, -0.2) is 4.90 Å². The van der Waals surface area contributed by atoms with Crippen molar-refractivity contribution in [3.05, 3.63) is 70.4 Å². The van der Waals surface area contributed by atoms with Crippen molar-refractivity contribution in [2.24, 2.45) is 0 Å². The number of anilines is 1. The molecule has 0 bridgehead atoms. The zero-order chi connectivity index (χ0) is 19.0. The quantitative estimate of drug-likeness (QED) is 0.740. The molecule has 0 saturated carbocycles. The van der Waals surface area contributed by atoms with Gasteiger partial charge in [0.15, 0.2) is 0 Å². The minimum absolute atomic E-state index is 0.264. The van der Waals surface area contributed by atoms with Crippen LogP contribution in [-0.2, 0) is 9.59 Å². The summed E-state index contributed by atoms with van der Waals surface area (Å²) >= 11 is 6.10. The molecule has 2 amide bonds. The predicted molar refractivity (Wildman–Crippen MR) is 107 cm³/mol. The summed E-state index contributed by atoms with van der Waals surface area (Å²) in [6.45, 7) is 3.60. The van der Waals surface area contributed by atoms with Crippen LogP contribution in [0.15, 0.2) is 54.2 Å². The van der Waals surface area contributed by atoms with Crippen LogP contribution in [0, 0.1) is 6.92 Å². The normalized spacial score (nSPS) is 17.9. The third-order valence-corrected chi connectivity index (χ3v) is 5.37. The average molecular weight is 381 g/mol. The van der Waals surface area contributed by atoms with E-state index >= 15 is 0 Å². The van der Waals surface area contributed by atoms with Gasteiger partial charge in [-0.05, 0) is 49.9 Å². The zero-order valence-electron chi connectivity index (χ0n) is 15.2. The van der Waals surface area contributed by atoms with Gasteiger partial charge in [-0.3, -0.25) is 9.59 Å². The lowest BCUT2D eigenvalue weighted by Crippen LogP contribution is -2.37. The molecular weight excluding hydrogens is 360 g/mol. The summed E-state index contributed by atoms with van der Waals surface area (Å²) in [5, 5.41) is 0.497. The fourth-order valence-electron chi connectivity index (χ4n) is 3.76. The SMILES string of the molecule is Cc1ccc(C2=C(N3CCCCC3)C(=O)N(c3cccc(Cl)c3)C2=O)cc1. The molecule has 2 heterocycles. The number of imide groups is 1. The highest BCUT2D eigenvalue weighted by Crippen LogP contribution is 2.36. The number of hydrogen-bond donors (Lipinski definition) is 0. The van der Waals surface area contributed by atoms with Crippen molar-refractivity contribution in [1.82, 2.24) is 4.90 Å². The molecule has 2 aliphatic heterocycles. The Hall–Kier alpha value is -2.59. The predicted octanol–water partition coefficient (Wildman–Crippen LogP) is 4.42. The Bertz CT molecular complexity index is 928. The number of carbonyl (C=O) groups excluding carboxylic acids is 2. The molecule has 2 aromatic carbocycles. The van der Waals surface area contributed by atoms with E-state index in [4.69, 9.17) is 11.6 Å². The lowest BCUT2D eigenvalue weighted by Gasteiger charge is -2.29. The Kier molecular flexibility index (Phi) is 4.75. The van der Waals surface area contributed by atoms with Crippen molar-refractivity contribution < 1.29 is 9.59 Å². The average Bonchev–Trinajstić information content (AvgIpc) is 2.93. The number of piperidine rings is 1. The number of likely N-dealkylation sites (tertiary alicyclic amines) is 1. The molecule has 0 unspecified atom stereocenters. The van der Waals surface area contributed by atoms with Gasteiger partial charge in [-0.15, -0.1) is 0 Å². The van der Waals surface area contributed by atoms with Gasteiger partial charge in [-0.2, -0.15) is 0 Å². The summed E-state index contributed by atoms with van der Waals surface area (Å²) in [4.78, 5) is 30.0. The van der Waals surface area contributed by atoms with E-state index in [1.54, 1.807) is 24.3 Å². The van der Waals surface area contributed by atoms with Gasteiger partial charge in [0.2, 0.25) is 0 Å². The molecule has 4 nitrogen and oxygen atoms in total. The van der Waals surface area contributed by atoms with Crippen LogP contribution in [0.5, 0.6) is 0 Å². The summed E-state index contributed by atoms with van der Waals surface area (Å²) in [6, 6.07) is 14.7. The van der Waals surface area contributed by atoms with E-state index < -0.39 is 0 Å². The first-order valence-corrected chi connectivity index (χ1v) is 9.64. The van der Waals surface area contributed by atoms with Crippen molar-refractivity contribution in [2.75, 3.05) is 18.0 Å². The number of carbonyl (C=O) groups is 2. The molecule has 2 aliphatic rings. The van der Waals surface area contributed by atoms with E-state index in [2.05, 4.69) is 4.90 Å². The van der Waals surface area contributed by atoms with Crippen LogP contribution in [0.25, 0.3) is 5.57 Å². The van der Waals surface area contributed by atoms with E-state index in [-0.39, 0.29) is 11.8 Å². The van der Waals surface area contributed by atoms with Gasteiger partial charge in [0.05, 0.1) is 11.3 Å². The lowest BCUT2D eigenvalue weighted by molar-refractivity contribution is -0.120. The highest BCUT2D eigenvalue weighted by atomic mass is 35.5. The lowest BCUT2D eigenvalue weighted by atomic mass is 10.0. The summed E-state index contributed by atoms with van der Waals surface area (Å²) in [5.41, 5.74) is 3.41. The first kappa shape index (κ1) is 17.8. The van der Waals surface area contributed by atoms with Crippen LogP contribution in [-0.4, -0.2) is 29.8 Å². The molecule has 0 aliphatic carbocycles. The third-order valence-electron chi connectivity index (χ3n) is 5.14. The minimum Gasteiger partial charge on any atom is -0.366 e. The first-order valence-electron chi connectivity index (χ1n) is 9.27. The van der Waals surface area contributed by atoms with Crippen LogP contribution in [0.3, 0.4) is 0 Å². The molecule has 27 heavy (non-hydrogen) atoms. The highest BCUT2D eigenvalue weighted by Gasteiger charge is 2.42. The van der Waals surface area contributed by atoms with Gasteiger partial charge < -0.3 is 4.90 Å². The molecule has 0 radical (unpaired) electrons. The fourth-order valence-corrected chi connectivity index (χ4v) is 3.94. The molecule has 5 heteroatoms. The number of nitrogens with zero attached hydrogens (tertiary/aromatic N) is 2. The molecule has 0 spiro atoms. The van der Waals surface area contributed by atoms with Crippen LogP contribution in [0.4, 0.5) is 5.69 Å². The Labute approximate surface area is 164 Å². The largest absolute Gasteiger partial charge is 0.366 e. The van der Waals surface area contributed by atoms with E-state index in [1.807, 2.05) is 31.2 Å². The van der Waals surface area contributed by atoms with Gasteiger partial charge >= 0.3 is 0 Å². The summed E-state index contributed by atoms with van der Waals surface area (Å²) in [7, 11) is 0. The summed E-state index contributed by atoms with van der Waals surface area (Å²) in [6.07, 6.45) is 3.22. The molecule has 0 aromatic heterocycles. The van der Waals surface area contributed by atoms with Gasteiger partial charge in [-0.1, -0.05) is 47.5 Å². The van der Waals surface area contributed by atoms with Crippen LogP contribution in [0.2, 0.25) is 5.02 Å². The maximum Gasteiger partial charge on any atom is 0.282 e. The first-order chi connectivity index (χ1) is 13.1. The van der Waals surface area contributed by atoms with Crippen LogP contribution in [0.1, 0.15) is 30.4 Å². The van der Waals surface area contributed by atoms with E-state index in [9.17, 15) is 9.59 Å². The van der Waals surface area contributed by atoms with Crippen molar-refractivity contribution in [3.8, 4) is 0 Å². The Morgan fingerprint density at radius 2 is 1.59 bits per heavy atom. The van der Waals surface area contributed by atoms with E-state index in [1.165, 1.54) is 4.90 Å². The number of amides is 2. The molecule has 0 N–H and O–H groups in total. The number of halogens is 1. The van der Waals surface area contributed by atoms with Crippen molar-refractivity contribution >= 4 is 34.7 Å². The third kappa shape index (κ3) is 3.26. The zero-order valence-corrected chi connectivity index (χ0v) is 16.0. The number of benzene rings is 2. The number of rotatable bonds is 3. The fraction of sp³-hybridized carbons (Fsp3) is 0.273. The maximum absolute atomic E-state index is 13.3. The van der Waals surface area contributed by atoms with E-state index in [0.29, 0.717) is 22.0 Å². The van der Waals surface area contributed by atoms with Gasteiger partial charge in [0.25, 0.3) is 11.8 Å². The standard InChI is InChI=1S/C22H21ClN2O2/c1-15-8-10-16(11-9-15)19-20(24-12-3-2-4-13-24)22(27)25(21(19)26)18-7-5-6-17(23)14-18/h5-11,14H,2-4,12-13H2,1H3. The molecule has 1 saturated heterocycles. The van der Waals surface area contributed by atoms with Crippen LogP contribution >= 0.6 is 11.6 Å². The second kappa shape index (κ2) is 7.20. The van der Waals surface area contributed by atoms with Crippen LogP contribution < -0.4 is 4.90 Å². The molecule has 4 rings (SSSR count). The second-order valence-electron chi connectivity index (χ2n) is 7.06. The summed E-state index contributed by atoms with van der Waals surface area (Å²) < 4.78 is 0. The second-order valence-corrected chi connectivity index (χ2v) is 7.50. The summed E-state index contributed by atoms with van der Waals surface area (Å²) in [5.74, 6) is -0.550. The molecular formula is C22H21ClN2O2. The Morgan fingerprint density at radius 1 is 0.889 bits per heavy atom. The smallest absolute Gasteiger partial charge is 0.282 e. The monoisotopic (exact) mass is 380 g/mol. The molecule has 138 valence electrons. The Balaban J connectivity index is 1.83. The molecule has 2 aromatic rings. The molecule has 1 fully saturated rings. The van der Waals surface area contributed by atoms with Crippen molar-refractivity contribution in [2.45, 2.75) is 26.2 Å². The van der Waals surface area contributed by atoms with E-state index in [0.717, 1.165) is 43.5 Å². The number of hydrogen-bond acceptors (Lipinski definition) is 3. The Morgan fingerprint density at radius 3 is 2.26 bits per heavy atom. The highest BCUT2D eigenvalue weighted by molar-refractivity contribution is 6.45. The number of aryl methyl sites for hydroxylation is 1. The van der Waals surface area contributed by atoms with Crippen molar-refractivity contribution in [1.29, 1.82) is 0 Å². The minimum atomic E-state index is -0.285. The maximum atomic E-state index is 13.3. The van der Waals surface area contributed by atoms with Gasteiger partial charge in [0, 0.05) is 18.1 Å².